The summed E-state index contributed by atoms with van der Waals surface area (Å²) < 4.78 is 11.0. The van der Waals surface area contributed by atoms with E-state index in [0.29, 0.717) is 29.5 Å². The maximum Gasteiger partial charge on any atom is 0.345 e. The van der Waals surface area contributed by atoms with Crippen molar-refractivity contribution in [1.82, 2.24) is 4.98 Å². The molecule has 1 aromatic carbocycles. The Balaban J connectivity index is 1.70. The average Bonchev–Trinajstić information content (AvgIpc) is 2.90. The van der Waals surface area contributed by atoms with E-state index in [4.69, 9.17) is 26.2 Å². The molecule has 0 amide bonds. The quantitative estimate of drug-likeness (QED) is 0.940. The monoisotopic (exact) mass is 305 g/mol. The molecule has 0 radical (unpaired) electrons. The highest BCUT2D eigenvalue weighted by atomic mass is 35.5. The van der Waals surface area contributed by atoms with Gasteiger partial charge in [0.15, 0.2) is 6.10 Å². The first kappa shape index (κ1) is 13.7. The highest BCUT2D eigenvalue weighted by molar-refractivity contribution is 6.31. The number of carboxylic acid groups (broad SMARTS) is 1. The Kier molecular flexibility index (Phi) is 3.66. The molecule has 1 unspecified atom stereocenters. The van der Waals surface area contributed by atoms with Gasteiger partial charge in [-0.2, -0.15) is 0 Å². The van der Waals surface area contributed by atoms with Crippen LogP contribution >= 0.6 is 11.6 Å². The first-order chi connectivity index (χ1) is 10.1. The third-order valence-electron chi connectivity index (χ3n) is 3.24. The predicted molar refractivity (Wildman–Crippen MR) is 75.8 cm³/mol. The number of benzene rings is 1. The lowest BCUT2D eigenvalue weighted by atomic mass is 10.1. The fraction of sp³-hybridized carbons (Fsp3) is 0.200. The van der Waals surface area contributed by atoms with Crippen molar-refractivity contribution in [2.24, 2.45) is 0 Å². The van der Waals surface area contributed by atoms with Crippen LogP contribution in [-0.4, -0.2) is 22.2 Å². The molecule has 0 aliphatic carbocycles. The SMILES string of the molecule is O=C(O)C1Cc2ccc(OCc3ccncc3Cl)cc2O1. The summed E-state index contributed by atoms with van der Waals surface area (Å²) in [5, 5.41) is 9.50. The summed E-state index contributed by atoms with van der Waals surface area (Å²) in [7, 11) is 0. The maximum absolute atomic E-state index is 10.9. The van der Waals surface area contributed by atoms with Crippen LogP contribution in [0, 0.1) is 0 Å². The van der Waals surface area contributed by atoms with Gasteiger partial charge in [-0.15, -0.1) is 0 Å². The minimum atomic E-state index is -0.961. The van der Waals surface area contributed by atoms with Crippen LogP contribution in [0.2, 0.25) is 5.02 Å². The van der Waals surface area contributed by atoms with Crippen molar-refractivity contribution in [3.8, 4) is 11.5 Å². The van der Waals surface area contributed by atoms with E-state index in [1.807, 2.05) is 6.07 Å². The summed E-state index contributed by atoms with van der Waals surface area (Å²) in [6.45, 7) is 0.308. The summed E-state index contributed by atoms with van der Waals surface area (Å²) in [5.74, 6) is 0.200. The van der Waals surface area contributed by atoms with E-state index in [2.05, 4.69) is 4.98 Å². The standard InChI is InChI=1S/C15H12ClNO4/c16-12-7-17-4-3-10(12)8-20-11-2-1-9-5-14(15(18)19)21-13(9)6-11/h1-4,6-7,14H,5,8H2,(H,18,19). The van der Waals surface area contributed by atoms with Gasteiger partial charge in [-0.25, -0.2) is 4.79 Å². The average molecular weight is 306 g/mol. The normalized spacial score (nSPS) is 16.1. The Labute approximate surface area is 126 Å². The lowest BCUT2D eigenvalue weighted by Gasteiger charge is -2.09. The second-order valence-corrected chi connectivity index (χ2v) is 5.08. The van der Waals surface area contributed by atoms with E-state index >= 15 is 0 Å². The maximum atomic E-state index is 10.9. The summed E-state index contributed by atoms with van der Waals surface area (Å²) in [6, 6.07) is 7.10. The van der Waals surface area contributed by atoms with E-state index in [9.17, 15) is 4.79 Å². The van der Waals surface area contributed by atoms with Crippen molar-refractivity contribution >= 4 is 17.6 Å². The van der Waals surface area contributed by atoms with Crippen LogP contribution in [0.25, 0.3) is 0 Å². The molecule has 2 heterocycles. The summed E-state index contributed by atoms with van der Waals surface area (Å²) >= 11 is 6.01. The molecule has 1 atom stereocenters. The van der Waals surface area contributed by atoms with Crippen LogP contribution < -0.4 is 9.47 Å². The summed E-state index contributed by atoms with van der Waals surface area (Å²) in [5.41, 5.74) is 1.70. The van der Waals surface area contributed by atoms with Crippen molar-refractivity contribution in [2.75, 3.05) is 0 Å². The minimum Gasteiger partial charge on any atom is -0.489 e. The first-order valence-corrected chi connectivity index (χ1v) is 6.75. The smallest absolute Gasteiger partial charge is 0.345 e. The van der Waals surface area contributed by atoms with Gasteiger partial charge in [0.1, 0.15) is 18.1 Å². The molecule has 108 valence electrons. The number of carboxylic acids is 1. The van der Waals surface area contributed by atoms with Crippen molar-refractivity contribution in [3.63, 3.8) is 0 Å². The second kappa shape index (κ2) is 5.61. The third-order valence-corrected chi connectivity index (χ3v) is 3.58. The van der Waals surface area contributed by atoms with Crippen LogP contribution in [0.15, 0.2) is 36.7 Å². The van der Waals surface area contributed by atoms with Crippen molar-refractivity contribution < 1.29 is 19.4 Å². The molecular weight excluding hydrogens is 294 g/mol. The lowest BCUT2D eigenvalue weighted by molar-refractivity contribution is -0.144. The van der Waals surface area contributed by atoms with Crippen LogP contribution in [0.3, 0.4) is 0 Å². The number of ether oxygens (including phenoxy) is 2. The minimum absolute atomic E-state index is 0.308. The molecule has 1 N–H and O–H groups in total. The number of rotatable bonds is 4. The molecule has 0 bridgehead atoms. The van der Waals surface area contributed by atoms with Crippen molar-refractivity contribution in [3.05, 3.63) is 52.8 Å². The number of fused-ring (bicyclic) bond motifs is 1. The van der Waals surface area contributed by atoms with Gasteiger partial charge in [0.25, 0.3) is 0 Å². The van der Waals surface area contributed by atoms with E-state index in [0.717, 1.165) is 11.1 Å². The van der Waals surface area contributed by atoms with Crippen LogP contribution in [-0.2, 0) is 17.8 Å². The molecule has 0 spiro atoms. The third kappa shape index (κ3) is 2.92. The Morgan fingerprint density at radius 1 is 1.48 bits per heavy atom. The number of nitrogens with zero attached hydrogens (tertiary/aromatic N) is 1. The zero-order chi connectivity index (χ0) is 14.8. The van der Waals surface area contributed by atoms with Gasteiger partial charge in [-0.05, 0) is 17.7 Å². The van der Waals surface area contributed by atoms with Gasteiger partial charge < -0.3 is 14.6 Å². The van der Waals surface area contributed by atoms with Crippen LogP contribution in [0.1, 0.15) is 11.1 Å². The number of pyridine rings is 1. The highest BCUT2D eigenvalue weighted by Crippen LogP contribution is 2.33. The molecule has 1 aromatic heterocycles. The lowest BCUT2D eigenvalue weighted by Crippen LogP contribution is -2.24. The molecular formula is C15H12ClNO4. The van der Waals surface area contributed by atoms with Gasteiger partial charge in [0, 0.05) is 30.4 Å². The zero-order valence-corrected chi connectivity index (χ0v) is 11.7. The van der Waals surface area contributed by atoms with E-state index in [1.165, 1.54) is 0 Å². The van der Waals surface area contributed by atoms with Crippen molar-refractivity contribution in [1.29, 1.82) is 0 Å². The largest absolute Gasteiger partial charge is 0.489 e. The van der Waals surface area contributed by atoms with Gasteiger partial charge in [0.05, 0.1) is 5.02 Å². The Hall–Kier alpha value is -2.27. The molecule has 0 saturated heterocycles. The van der Waals surface area contributed by atoms with Gasteiger partial charge in [-0.3, -0.25) is 4.98 Å². The number of halogens is 1. The molecule has 0 saturated carbocycles. The van der Waals surface area contributed by atoms with Crippen molar-refractivity contribution in [2.45, 2.75) is 19.1 Å². The Morgan fingerprint density at radius 3 is 3.10 bits per heavy atom. The summed E-state index contributed by atoms with van der Waals surface area (Å²) in [6.07, 6.45) is 2.77. The number of carbonyl (C=O) groups is 1. The molecule has 21 heavy (non-hydrogen) atoms. The Morgan fingerprint density at radius 2 is 2.33 bits per heavy atom. The fourth-order valence-corrected chi connectivity index (χ4v) is 2.29. The topological polar surface area (TPSA) is 68.7 Å². The zero-order valence-electron chi connectivity index (χ0n) is 11.0. The molecule has 1 aliphatic heterocycles. The van der Waals surface area contributed by atoms with E-state index < -0.39 is 12.1 Å². The van der Waals surface area contributed by atoms with Crippen LogP contribution in [0.4, 0.5) is 0 Å². The molecule has 2 aromatic rings. The molecule has 0 fully saturated rings. The van der Waals surface area contributed by atoms with Gasteiger partial charge in [0.2, 0.25) is 0 Å². The molecule has 3 rings (SSSR count). The molecule has 6 heteroatoms. The van der Waals surface area contributed by atoms with Gasteiger partial charge >= 0.3 is 5.97 Å². The van der Waals surface area contributed by atoms with E-state index in [-0.39, 0.29) is 0 Å². The number of aromatic nitrogens is 1. The highest BCUT2D eigenvalue weighted by Gasteiger charge is 2.28. The van der Waals surface area contributed by atoms with Crippen LogP contribution in [0.5, 0.6) is 11.5 Å². The predicted octanol–water partition coefficient (Wildman–Crippen LogP) is 2.70. The van der Waals surface area contributed by atoms with Gasteiger partial charge in [-0.1, -0.05) is 17.7 Å². The summed E-state index contributed by atoms with van der Waals surface area (Å²) in [4.78, 5) is 14.8. The number of hydrogen-bond acceptors (Lipinski definition) is 4. The first-order valence-electron chi connectivity index (χ1n) is 6.37. The van der Waals surface area contributed by atoms with E-state index in [1.54, 1.807) is 30.6 Å². The molecule has 5 nitrogen and oxygen atoms in total. The second-order valence-electron chi connectivity index (χ2n) is 4.67. The Bertz CT molecular complexity index is 689. The molecule has 1 aliphatic rings. The fourth-order valence-electron chi connectivity index (χ4n) is 2.12. The number of aliphatic carboxylic acids is 1. The number of hydrogen-bond donors (Lipinski definition) is 1.